The summed E-state index contributed by atoms with van der Waals surface area (Å²) >= 11 is 0. The largest absolute Gasteiger partial charge is 0.480 e. The summed E-state index contributed by atoms with van der Waals surface area (Å²) < 4.78 is 10.4. The molecule has 1 aliphatic carbocycles. The van der Waals surface area contributed by atoms with Gasteiger partial charge in [0.2, 0.25) is 5.91 Å². The first-order valence-corrected chi connectivity index (χ1v) is 10.7. The molecule has 0 radical (unpaired) electrons. The maximum atomic E-state index is 12.4. The van der Waals surface area contributed by atoms with Crippen LogP contribution in [0.5, 0.6) is 0 Å². The number of fused-ring (bicyclic) bond motifs is 3. The Kier molecular flexibility index (Phi) is 8.21. The lowest BCUT2D eigenvalue weighted by atomic mass is 9.98. The highest BCUT2D eigenvalue weighted by molar-refractivity contribution is 5.79. The van der Waals surface area contributed by atoms with Crippen molar-refractivity contribution >= 4 is 18.0 Å². The third-order valence-electron chi connectivity index (χ3n) is 5.38. The summed E-state index contributed by atoms with van der Waals surface area (Å²) in [5.74, 6) is -1.34. The van der Waals surface area contributed by atoms with Crippen molar-refractivity contribution in [2.45, 2.75) is 31.7 Å². The van der Waals surface area contributed by atoms with E-state index in [1.807, 2.05) is 31.2 Å². The fourth-order valence-corrected chi connectivity index (χ4v) is 3.82. The zero-order valence-corrected chi connectivity index (χ0v) is 18.0. The number of aliphatic carboxylic acids is 1. The third-order valence-corrected chi connectivity index (χ3v) is 5.38. The molecule has 2 amide bonds. The first-order chi connectivity index (χ1) is 15.5. The topological polar surface area (TPSA) is 114 Å². The van der Waals surface area contributed by atoms with Crippen LogP contribution >= 0.6 is 0 Å². The number of hydrogen-bond donors (Lipinski definition) is 3. The quantitative estimate of drug-likeness (QED) is 0.463. The van der Waals surface area contributed by atoms with Crippen molar-refractivity contribution in [1.82, 2.24) is 10.6 Å². The van der Waals surface area contributed by atoms with E-state index >= 15 is 0 Å². The lowest BCUT2D eigenvalue weighted by Crippen LogP contribution is -2.40. The van der Waals surface area contributed by atoms with E-state index in [0.717, 1.165) is 22.3 Å². The predicted molar refractivity (Wildman–Crippen MR) is 118 cm³/mol. The number of ether oxygens (including phenoxy) is 2. The summed E-state index contributed by atoms with van der Waals surface area (Å²) in [6.07, 6.45) is 0.101. The highest BCUT2D eigenvalue weighted by Gasteiger charge is 2.29. The molecule has 0 bridgehead atoms. The van der Waals surface area contributed by atoms with E-state index in [1.165, 1.54) is 0 Å². The van der Waals surface area contributed by atoms with Crippen molar-refractivity contribution in [1.29, 1.82) is 0 Å². The van der Waals surface area contributed by atoms with Gasteiger partial charge in [0.15, 0.2) is 0 Å². The number of carbonyl (C=O) groups excluding carboxylic acids is 2. The van der Waals surface area contributed by atoms with Gasteiger partial charge in [0.25, 0.3) is 0 Å². The molecule has 1 atom stereocenters. The SMILES string of the molecule is CC[C@@H](CC(=O)NCCOCC(=O)O)NC(=O)OCC1c2ccccc2-c2ccccc21. The summed E-state index contributed by atoms with van der Waals surface area (Å²) in [6.45, 7) is 1.99. The molecule has 170 valence electrons. The van der Waals surface area contributed by atoms with Crippen molar-refractivity contribution in [2.75, 3.05) is 26.4 Å². The molecule has 8 heteroatoms. The molecule has 0 unspecified atom stereocenters. The molecule has 0 saturated heterocycles. The second-order valence-corrected chi connectivity index (χ2v) is 7.58. The molecule has 1 aliphatic rings. The summed E-state index contributed by atoms with van der Waals surface area (Å²) in [4.78, 5) is 34.8. The Morgan fingerprint density at radius 1 is 1.03 bits per heavy atom. The first kappa shape index (κ1) is 23.3. The molecule has 0 saturated carbocycles. The second-order valence-electron chi connectivity index (χ2n) is 7.58. The average molecular weight is 440 g/mol. The van der Waals surface area contributed by atoms with Gasteiger partial charge in [0.05, 0.1) is 6.61 Å². The minimum absolute atomic E-state index is 0.0256. The monoisotopic (exact) mass is 440 g/mol. The maximum Gasteiger partial charge on any atom is 0.407 e. The van der Waals surface area contributed by atoms with E-state index in [1.54, 1.807) is 0 Å². The number of alkyl carbamates (subject to hydrolysis) is 1. The van der Waals surface area contributed by atoms with Gasteiger partial charge in [0.1, 0.15) is 13.2 Å². The van der Waals surface area contributed by atoms with Crippen LogP contribution in [0.3, 0.4) is 0 Å². The standard InChI is InChI=1S/C24H28N2O6/c1-2-16(13-22(27)25-11-12-31-15-23(28)29)26-24(30)32-14-21-19-9-5-3-7-17(19)18-8-4-6-10-20(18)21/h3-10,16,21H,2,11-15H2,1H3,(H,25,27)(H,26,30)(H,28,29)/t16-/m0/s1. The van der Waals surface area contributed by atoms with Gasteiger partial charge in [-0.05, 0) is 28.7 Å². The van der Waals surface area contributed by atoms with Gasteiger partial charge >= 0.3 is 12.1 Å². The van der Waals surface area contributed by atoms with Crippen molar-refractivity contribution in [2.24, 2.45) is 0 Å². The Balaban J connectivity index is 1.47. The smallest absolute Gasteiger partial charge is 0.407 e. The molecule has 3 N–H and O–H groups in total. The van der Waals surface area contributed by atoms with Crippen LogP contribution in [0.25, 0.3) is 11.1 Å². The zero-order valence-electron chi connectivity index (χ0n) is 18.0. The number of amides is 2. The van der Waals surface area contributed by atoms with Crippen LogP contribution in [-0.4, -0.2) is 55.5 Å². The van der Waals surface area contributed by atoms with E-state index in [9.17, 15) is 14.4 Å². The summed E-state index contributed by atoms with van der Waals surface area (Å²) in [5, 5.41) is 13.9. The van der Waals surface area contributed by atoms with Crippen molar-refractivity contribution in [3.63, 3.8) is 0 Å². The van der Waals surface area contributed by atoms with Gasteiger partial charge < -0.3 is 25.2 Å². The van der Waals surface area contributed by atoms with Crippen LogP contribution in [0.4, 0.5) is 4.79 Å². The van der Waals surface area contributed by atoms with E-state index in [-0.39, 0.29) is 44.0 Å². The molecule has 0 heterocycles. The number of carbonyl (C=O) groups is 3. The number of rotatable bonds is 11. The van der Waals surface area contributed by atoms with Crippen LogP contribution in [-0.2, 0) is 19.1 Å². The third kappa shape index (κ3) is 6.07. The van der Waals surface area contributed by atoms with Crippen LogP contribution in [0.2, 0.25) is 0 Å². The van der Waals surface area contributed by atoms with Gasteiger partial charge in [-0.15, -0.1) is 0 Å². The Bertz CT molecular complexity index is 916. The lowest BCUT2D eigenvalue weighted by molar-refractivity contribution is -0.142. The van der Waals surface area contributed by atoms with E-state index in [4.69, 9.17) is 14.6 Å². The van der Waals surface area contributed by atoms with Crippen molar-refractivity contribution < 1.29 is 29.0 Å². The molecule has 0 aromatic heterocycles. The fraction of sp³-hybridized carbons (Fsp3) is 0.375. The molecular formula is C24H28N2O6. The van der Waals surface area contributed by atoms with E-state index < -0.39 is 18.7 Å². The molecule has 2 aromatic rings. The minimum Gasteiger partial charge on any atom is -0.480 e. The van der Waals surface area contributed by atoms with Gasteiger partial charge in [-0.3, -0.25) is 4.79 Å². The maximum absolute atomic E-state index is 12.4. The number of nitrogens with one attached hydrogen (secondary N) is 2. The predicted octanol–water partition coefficient (Wildman–Crippen LogP) is 2.91. The van der Waals surface area contributed by atoms with Crippen molar-refractivity contribution in [3.05, 3.63) is 59.7 Å². The van der Waals surface area contributed by atoms with E-state index in [0.29, 0.717) is 6.42 Å². The van der Waals surface area contributed by atoms with Crippen LogP contribution in [0.1, 0.15) is 36.8 Å². The number of carboxylic acids is 1. The summed E-state index contributed by atoms with van der Waals surface area (Å²) in [7, 11) is 0. The highest BCUT2D eigenvalue weighted by atomic mass is 16.5. The normalized spacial score (nSPS) is 13.0. The van der Waals surface area contributed by atoms with E-state index in [2.05, 4.69) is 34.9 Å². The van der Waals surface area contributed by atoms with Crippen molar-refractivity contribution in [3.8, 4) is 11.1 Å². The van der Waals surface area contributed by atoms with Crippen LogP contribution in [0.15, 0.2) is 48.5 Å². The molecule has 8 nitrogen and oxygen atoms in total. The Morgan fingerprint density at radius 3 is 2.25 bits per heavy atom. The second kappa shape index (κ2) is 11.3. The number of hydrogen-bond acceptors (Lipinski definition) is 5. The molecule has 2 aromatic carbocycles. The zero-order chi connectivity index (χ0) is 22.9. The van der Waals surface area contributed by atoms with Crippen LogP contribution < -0.4 is 10.6 Å². The Morgan fingerprint density at radius 2 is 1.66 bits per heavy atom. The Hall–Kier alpha value is -3.39. The molecule has 0 fully saturated rings. The first-order valence-electron chi connectivity index (χ1n) is 10.7. The van der Waals surface area contributed by atoms with Crippen LogP contribution in [0, 0.1) is 0 Å². The molecule has 3 rings (SSSR count). The Labute approximate surface area is 186 Å². The molecule has 32 heavy (non-hydrogen) atoms. The van der Waals surface area contributed by atoms with Gasteiger partial charge in [-0.2, -0.15) is 0 Å². The van der Waals surface area contributed by atoms with Gasteiger partial charge in [-0.25, -0.2) is 9.59 Å². The van der Waals surface area contributed by atoms with Gasteiger partial charge in [-0.1, -0.05) is 55.5 Å². The number of benzene rings is 2. The minimum atomic E-state index is -1.06. The van der Waals surface area contributed by atoms with Gasteiger partial charge in [0, 0.05) is 24.9 Å². The molecular weight excluding hydrogens is 412 g/mol. The number of carboxylic acid groups (broad SMARTS) is 1. The molecule has 0 spiro atoms. The molecule has 0 aliphatic heterocycles. The summed E-state index contributed by atoms with van der Waals surface area (Å²) in [5.41, 5.74) is 4.59. The summed E-state index contributed by atoms with van der Waals surface area (Å²) in [6, 6.07) is 15.9. The lowest BCUT2D eigenvalue weighted by Gasteiger charge is -2.18. The highest BCUT2D eigenvalue weighted by Crippen LogP contribution is 2.44. The average Bonchev–Trinajstić information content (AvgIpc) is 3.10. The fourth-order valence-electron chi connectivity index (χ4n) is 3.82.